The molecule has 0 aromatic heterocycles. The number of rotatable bonds is 10. The van der Waals surface area contributed by atoms with E-state index in [1.165, 1.54) is 7.11 Å². The highest BCUT2D eigenvalue weighted by Gasteiger charge is 2.39. The first-order valence-corrected chi connectivity index (χ1v) is 11.4. The van der Waals surface area contributed by atoms with Gasteiger partial charge in [0.2, 0.25) is 5.91 Å². The van der Waals surface area contributed by atoms with Gasteiger partial charge in [-0.25, -0.2) is 9.59 Å². The molecule has 2 aromatic carbocycles. The van der Waals surface area contributed by atoms with Crippen LogP contribution in [0.4, 0.5) is 4.79 Å². The first kappa shape index (κ1) is 25.2. The van der Waals surface area contributed by atoms with Gasteiger partial charge in [0.05, 0.1) is 6.10 Å². The molecule has 3 N–H and O–H groups in total. The Morgan fingerprint density at radius 1 is 1.06 bits per heavy atom. The summed E-state index contributed by atoms with van der Waals surface area (Å²) < 4.78 is 10.7. The van der Waals surface area contributed by atoms with Crippen molar-refractivity contribution in [3.63, 3.8) is 0 Å². The highest BCUT2D eigenvalue weighted by molar-refractivity contribution is 5.92. The number of nitrogens with one attached hydrogen (secondary N) is 2. The maximum atomic E-state index is 13.0. The average molecular weight is 469 g/mol. The third-order valence-corrected chi connectivity index (χ3v) is 6.37. The quantitative estimate of drug-likeness (QED) is 0.490. The van der Waals surface area contributed by atoms with Gasteiger partial charge in [0.25, 0.3) is 0 Å². The Morgan fingerprint density at radius 3 is 2.12 bits per heavy atom. The molecule has 1 aliphatic rings. The molecule has 3 rings (SSSR count). The second-order valence-electron chi connectivity index (χ2n) is 8.76. The van der Waals surface area contributed by atoms with Gasteiger partial charge in [-0.1, -0.05) is 61.9 Å². The van der Waals surface area contributed by atoms with Crippen molar-refractivity contribution in [1.82, 2.24) is 10.6 Å². The van der Waals surface area contributed by atoms with Crippen LogP contribution >= 0.6 is 0 Å². The van der Waals surface area contributed by atoms with Crippen LogP contribution in [0, 0.1) is 0 Å². The van der Waals surface area contributed by atoms with Gasteiger partial charge in [-0.05, 0) is 42.5 Å². The van der Waals surface area contributed by atoms with E-state index >= 15 is 0 Å². The van der Waals surface area contributed by atoms with E-state index in [0.29, 0.717) is 12.8 Å². The van der Waals surface area contributed by atoms with Crippen LogP contribution in [-0.2, 0) is 19.1 Å². The summed E-state index contributed by atoms with van der Waals surface area (Å²) in [7, 11) is 1.37. The van der Waals surface area contributed by atoms with E-state index in [0.717, 1.165) is 22.3 Å². The fourth-order valence-corrected chi connectivity index (χ4v) is 4.41. The summed E-state index contributed by atoms with van der Waals surface area (Å²) in [5.41, 5.74) is 3.06. The molecule has 2 amide bonds. The summed E-state index contributed by atoms with van der Waals surface area (Å²) in [6, 6.07) is 14.8. The third kappa shape index (κ3) is 5.22. The molecule has 8 heteroatoms. The molecule has 0 spiro atoms. The molecule has 0 heterocycles. The van der Waals surface area contributed by atoms with E-state index in [9.17, 15) is 19.5 Å². The van der Waals surface area contributed by atoms with Crippen molar-refractivity contribution in [3.05, 3.63) is 59.7 Å². The number of hydrogen-bond donors (Lipinski definition) is 3. The summed E-state index contributed by atoms with van der Waals surface area (Å²) in [5.74, 6) is -1.94. The number of carbonyl (C=O) groups is 3. The Hall–Kier alpha value is -3.39. The number of aliphatic carboxylic acids is 1. The van der Waals surface area contributed by atoms with Crippen LogP contribution in [0.25, 0.3) is 11.1 Å². The maximum absolute atomic E-state index is 13.0. The lowest BCUT2D eigenvalue weighted by atomic mass is 9.94. The smallest absolute Gasteiger partial charge is 0.408 e. The monoisotopic (exact) mass is 468 g/mol. The topological polar surface area (TPSA) is 114 Å². The van der Waals surface area contributed by atoms with Gasteiger partial charge in [-0.2, -0.15) is 0 Å². The average Bonchev–Trinajstić information content (AvgIpc) is 3.14. The van der Waals surface area contributed by atoms with E-state index < -0.39 is 35.7 Å². The van der Waals surface area contributed by atoms with E-state index in [-0.39, 0.29) is 12.5 Å². The molecule has 3 atom stereocenters. The minimum absolute atomic E-state index is 0.108. The van der Waals surface area contributed by atoms with Crippen molar-refractivity contribution >= 4 is 18.0 Å². The van der Waals surface area contributed by atoms with Gasteiger partial charge in [0, 0.05) is 13.0 Å². The molecule has 2 aromatic rings. The van der Waals surface area contributed by atoms with Crippen LogP contribution in [0.3, 0.4) is 0 Å². The van der Waals surface area contributed by atoms with E-state index in [1.54, 1.807) is 13.8 Å². The molecule has 0 aliphatic heterocycles. The van der Waals surface area contributed by atoms with E-state index in [2.05, 4.69) is 22.8 Å². The lowest BCUT2D eigenvalue weighted by Crippen LogP contribution is -2.61. The first-order chi connectivity index (χ1) is 16.2. The molecule has 1 unspecified atom stereocenters. The molecule has 8 nitrogen and oxygen atoms in total. The maximum Gasteiger partial charge on any atom is 0.408 e. The van der Waals surface area contributed by atoms with Crippen LogP contribution in [0.5, 0.6) is 0 Å². The summed E-state index contributed by atoms with van der Waals surface area (Å²) in [6.07, 6.45) is -0.594. The normalized spacial score (nSPS) is 15.9. The molecule has 182 valence electrons. The van der Waals surface area contributed by atoms with Gasteiger partial charge >= 0.3 is 12.1 Å². The number of carboxylic acids is 1. The summed E-state index contributed by atoms with van der Waals surface area (Å²) in [5, 5.41) is 14.6. The van der Waals surface area contributed by atoms with Crippen molar-refractivity contribution in [2.24, 2.45) is 0 Å². The van der Waals surface area contributed by atoms with Gasteiger partial charge in [-0.3, -0.25) is 4.79 Å². The Bertz CT molecular complexity index is 1010. The number of fused-ring (bicyclic) bond motifs is 3. The zero-order valence-corrected chi connectivity index (χ0v) is 20.0. The van der Waals surface area contributed by atoms with Crippen molar-refractivity contribution < 1.29 is 29.0 Å². The highest BCUT2D eigenvalue weighted by atomic mass is 16.5. The van der Waals surface area contributed by atoms with Gasteiger partial charge in [-0.15, -0.1) is 0 Å². The molecule has 1 aliphatic carbocycles. The molecule has 0 radical (unpaired) electrons. The summed E-state index contributed by atoms with van der Waals surface area (Å²) in [4.78, 5) is 37.4. The number of benzene rings is 2. The molecular formula is C26H32N2O6. The first-order valence-electron chi connectivity index (χ1n) is 11.4. The number of methoxy groups -OCH3 is 1. The Morgan fingerprint density at radius 2 is 1.62 bits per heavy atom. The Kier molecular flexibility index (Phi) is 7.94. The predicted molar refractivity (Wildman–Crippen MR) is 128 cm³/mol. The second kappa shape index (κ2) is 10.7. The zero-order chi connectivity index (χ0) is 24.9. The SMILES string of the molecule is CCCC(C)(NC(=O)OCC1c2ccccc2-c2ccccc21)C(=O)N[C@H](C(=O)O)[C@@H](C)OC. The molecule has 0 bridgehead atoms. The molecule has 34 heavy (non-hydrogen) atoms. The summed E-state index contributed by atoms with van der Waals surface area (Å²) in [6.45, 7) is 5.10. The fourth-order valence-electron chi connectivity index (χ4n) is 4.41. The van der Waals surface area contributed by atoms with E-state index in [1.807, 2.05) is 43.3 Å². The van der Waals surface area contributed by atoms with Crippen LogP contribution in [-0.4, -0.2) is 54.5 Å². The predicted octanol–water partition coefficient (Wildman–Crippen LogP) is 3.69. The van der Waals surface area contributed by atoms with Gasteiger partial charge in [0.1, 0.15) is 12.1 Å². The number of ether oxygens (including phenoxy) is 2. The zero-order valence-electron chi connectivity index (χ0n) is 20.0. The van der Waals surface area contributed by atoms with Crippen LogP contribution < -0.4 is 10.6 Å². The minimum Gasteiger partial charge on any atom is -0.480 e. The summed E-state index contributed by atoms with van der Waals surface area (Å²) >= 11 is 0. The standard InChI is InChI=1S/C26H32N2O6/c1-5-14-26(3,24(31)27-22(23(29)30)16(2)33-4)28-25(32)34-15-21-19-12-8-6-10-17(19)18-11-7-9-13-20(18)21/h6-13,16,21-22H,5,14-15H2,1-4H3,(H,27,31)(H,28,32)(H,29,30)/t16-,22+,26?/m1/s1. The van der Waals surface area contributed by atoms with Crippen molar-refractivity contribution in [1.29, 1.82) is 0 Å². The van der Waals surface area contributed by atoms with Crippen molar-refractivity contribution in [2.45, 2.75) is 57.2 Å². The number of alkyl carbamates (subject to hydrolysis) is 1. The lowest BCUT2D eigenvalue weighted by molar-refractivity contribution is -0.146. The Labute approximate surface area is 199 Å². The largest absolute Gasteiger partial charge is 0.480 e. The molecule has 0 saturated heterocycles. The lowest BCUT2D eigenvalue weighted by Gasteiger charge is -2.31. The number of hydrogen-bond acceptors (Lipinski definition) is 5. The molecular weight excluding hydrogens is 436 g/mol. The van der Waals surface area contributed by atoms with Gasteiger partial charge < -0.3 is 25.2 Å². The molecule has 0 fully saturated rings. The van der Waals surface area contributed by atoms with Crippen LogP contribution in [0.2, 0.25) is 0 Å². The molecule has 0 saturated carbocycles. The number of carbonyl (C=O) groups excluding carboxylic acids is 2. The Balaban J connectivity index is 1.70. The third-order valence-electron chi connectivity index (χ3n) is 6.37. The second-order valence-corrected chi connectivity index (χ2v) is 8.76. The van der Waals surface area contributed by atoms with Crippen LogP contribution in [0.15, 0.2) is 48.5 Å². The fraction of sp³-hybridized carbons (Fsp3) is 0.423. The van der Waals surface area contributed by atoms with E-state index in [4.69, 9.17) is 9.47 Å². The van der Waals surface area contributed by atoms with Crippen molar-refractivity contribution in [2.75, 3.05) is 13.7 Å². The van der Waals surface area contributed by atoms with Crippen molar-refractivity contribution in [3.8, 4) is 11.1 Å². The highest BCUT2D eigenvalue weighted by Crippen LogP contribution is 2.44. The number of carboxylic acid groups (broad SMARTS) is 1. The number of amides is 2. The van der Waals surface area contributed by atoms with Crippen LogP contribution in [0.1, 0.15) is 50.7 Å². The minimum atomic E-state index is -1.35. The van der Waals surface area contributed by atoms with Gasteiger partial charge in [0.15, 0.2) is 6.04 Å².